The third-order valence-electron chi connectivity index (χ3n) is 3.94. The van der Waals surface area contributed by atoms with Gasteiger partial charge in [-0.1, -0.05) is 6.07 Å². The molecule has 1 fully saturated rings. The number of amides is 2. The molecule has 3 atom stereocenters. The van der Waals surface area contributed by atoms with Crippen LogP contribution in [-0.4, -0.2) is 56.2 Å². The maximum absolute atomic E-state index is 12.3. The largest absolute Gasteiger partial charge is 0.477 e. The summed E-state index contributed by atoms with van der Waals surface area (Å²) in [4.78, 5) is 38.0. The minimum atomic E-state index is -1.24. The number of hydrogen-bond acceptors (Lipinski definition) is 6. The number of carboxylic acid groups (broad SMARTS) is 1. The molecule has 128 valence electrons. The van der Waals surface area contributed by atoms with Crippen LogP contribution in [0.15, 0.2) is 28.8 Å². The summed E-state index contributed by atoms with van der Waals surface area (Å²) < 4.78 is 0. The van der Waals surface area contributed by atoms with Gasteiger partial charge in [0, 0.05) is 10.6 Å². The van der Waals surface area contributed by atoms with Gasteiger partial charge in [-0.25, -0.2) is 4.79 Å². The second-order valence-electron chi connectivity index (χ2n) is 5.57. The molecule has 7 nitrogen and oxygen atoms in total. The number of β-lactam (4-membered cyclic amide) rings is 1. The fraction of sp³-hybridized carbons (Fsp3) is 0.400. The Morgan fingerprint density at radius 2 is 2.25 bits per heavy atom. The van der Waals surface area contributed by atoms with Gasteiger partial charge in [0.1, 0.15) is 17.1 Å². The summed E-state index contributed by atoms with van der Waals surface area (Å²) >= 11 is 2.81. The number of nitrogens with one attached hydrogen (secondary N) is 1. The predicted octanol–water partition coefficient (Wildman–Crippen LogP) is 0.410. The van der Waals surface area contributed by atoms with Crippen LogP contribution in [0.4, 0.5) is 0 Å². The molecular formula is C15H16N2O5S2. The van der Waals surface area contributed by atoms with E-state index in [0.29, 0.717) is 11.3 Å². The molecular weight excluding hydrogens is 352 g/mol. The molecule has 2 aliphatic heterocycles. The van der Waals surface area contributed by atoms with Gasteiger partial charge in [0.25, 0.3) is 5.91 Å². The van der Waals surface area contributed by atoms with E-state index in [9.17, 15) is 24.6 Å². The molecule has 3 rings (SSSR count). The molecule has 2 aliphatic rings. The molecule has 0 aromatic carbocycles. The van der Waals surface area contributed by atoms with E-state index in [0.717, 1.165) is 9.78 Å². The number of rotatable bonds is 5. The van der Waals surface area contributed by atoms with Crippen molar-refractivity contribution in [3.63, 3.8) is 0 Å². The molecule has 2 amide bonds. The fourth-order valence-corrected chi connectivity index (χ4v) is 4.93. The second-order valence-corrected chi connectivity index (χ2v) is 7.70. The summed E-state index contributed by atoms with van der Waals surface area (Å²) in [7, 11) is 0. The number of carboxylic acids is 1. The van der Waals surface area contributed by atoms with Crippen molar-refractivity contribution in [3.8, 4) is 0 Å². The van der Waals surface area contributed by atoms with Gasteiger partial charge in [0.05, 0.1) is 12.5 Å². The molecule has 0 aliphatic carbocycles. The summed E-state index contributed by atoms with van der Waals surface area (Å²) in [6.07, 6.45) is -0.746. The number of aliphatic hydroxyl groups is 1. The fourth-order valence-electron chi connectivity index (χ4n) is 2.76. The molecule has 2 unspecified atom stereocenters. The minimum Gasteiger partial charge on any atom is -0.477 e. The van der Waals surface area contributed by atoms with Crippen LogP contribution < -0.4 is 5.32 Å². The Hall–Kier alpha value is -1.84. The molecule has 0 saturated carbocycles. The summed E-state index contributed by atoms with van der Waals surface area (Å²) in [6, 6.07) is 2.96. The summed E-state index contributed by atoms with van der Waals surface area (Å²) in [6.45, 7) is 1.48. The van der Waals surface area contributed by atoms with Crippen LogP contribution in [-0.2, 0) is 20.8 Å². The number of aliphatic hydroxyl groups excluding tert-OH is 1. The van der Waals surface area contributed by atoms with Gasteiger partial charge in [0.2, 0.25) is 5.91 Å². The number of thioether (sulfide) groups is 1. The SMILES string of the molecule is CC(O)C1=C(C(=O)O)N2C(=O)C(NC(=O)Cc3cccs3)[C@H]2SC1. The zero-order valence-electron chi connectivity index (χ0n) is 12.8. The average Bonchev–Trinajstić information content (AvgIpc) is 3.03. The Labute approximate surface area is 146 Å². The lowest BCUT2D eigenvalue weighted by molar-refractivity contribution is -0.150. The first kappa shape index (κ1) is 17.0. The van der Waals surface area contributed by atoms with Gasteiger partial charge in [0.15, 0.2) is 0 Å². The number of carbonyl (C=O) groups excluding carboxylic acids is 2. The Bertz CT molecular complexity index is 713. The normalized spacial score (nSPS) is 24.2. The van der Waals surface area contributed by atoms with E-state index in [1.807, 2.05) is 17.5 Å². The van der Waals surface area contributed by atoms with Crippen molar-refractivity contribution in [2.24, 2.45) is 0 Å². The van der Waals surface area contributed by atoms with Crippen LogP contribution in [0.2, 0.25) is 0 Å². The zero-order valence-corrected chi connectivity index (χ0v) is 14.4. The lowest BCUT2D eigenvalue weighted by atomic mass is 10.0. The van der Waals surface area contributed by atoms with E-state index in [-0.39, 0.29) is 18.0 Å². The van der Waals surface area contributed by atoms with Gasteiger partial charge >= 0.3 is 5.97 Å². The Kier molecular flexibility index (Phi) is 4.66. The van der Waals surface area contributed by atoms with Gasteiger partial charge in [-0.05, 0) is 23.9 Å². The first-order valence-electron chi connectivity index (χ1n) is 7.31. The van der Waals surface area contributed by atoms with Gasteiger partial charge < -0.3 is 15.5 Å². The number of nitrogens with zero attached hydrogens (tertiary/aromatic N) is 1. The van der Waals surface area contributed by atoms with Crippen molar-refractivity contribution in [1.82, 2.24) is 10.2 Å². The molecule has 1 aromatic heterocycles. The standard InChI is InChI=1S/C15H16N2O5S2/c1-7(18)9-6-24-14-11(13(20)17(14)12(9)15(21)22)16-10(19)5-8-3-2-4-23-8/h2-4,7,11,14,18H,5-6H2,1H3,(H,16,19)(H,21,22)/t7?,11?,14-/m1/s1. The zero-order chi connectivity index (χ0) is 17.4. The number of carbonyl (C=O) groups is 3. The minimum absolute atomic E-state index is 0.164. The van der Waals surface area contributed by atoms with E-state index in [4.69, 9.17) is 0 Å². The number of fused-ring (bicyclic) bond motifs is 1. The van der Waals surface area contributed by atoms with Crippen molar-refractivity contribution in [2.75, 3.05) is 5.75 Å². The molecule has 3 N–H and O–H groups in total. The average molecular weight is 368 g/mol. The summed E-state index contributed by atoms with van der Waals surface area (Å²) in [5.41, 5.74) is 0.156. The molecule has 0 spiro atoms. The topological polar surface area (TPSA) is 107 Å². The quantitative estimate of drug-likeness (QED) is 0.650. The number of hydrogen-bond donors (Lipinski definition) is 3. The molecule has 1 saturated heterocycles. The number of aliphatic carboxylic acids is 1. The van der Waals surface area contributed by atoms with Gasteiger partial charge in [-0.3, -0.25) is 14.5 Å². The molecule has 3 heterocycles. The van der Waals surface area contributed by atoms with Crippen molar-refractivity contribution in [2.45, 2.75) is 30.9 Å². The first-order chi connectivity index (χ1) is 11.4. The van der Waals surface area contributed by atoms with E-state index < -0.39 is 29.4 Å². The predicted molar refractivity (Wildman–Crippen MR) is 89.4 cm³/mol. The van der Waals surface area contributed by atoms with E-state index >= 15 is 0 Å². The van der Waals surface area contributed by atoms with Gasteiger partial charge in [-0.15, -0.1) is 23.1 Å². The summed E-state index contributed by atoms with van der Waals surface area (Å²) in [5.74, 6) is -1.65. The lowest BCUT2D eigenvalue weighted by Crippen LogP contribution is -2.70. The monoisotopic (exact) mass is 368 g/mol. The molecule has 0 radical (unpaired) electrons. The molecule has 9 heteroatoms. The lowest BCUT2D eigenvalue weighted by Gasteiger charge is -2.49. The highest BCUT2D eigenvalue weighted by atomic mass is 32.2. The van der Waals surface area contributed by atoms with Crippen molar-refractivity contribution in [3.05, 3.63) is 33.7 Å². The third kappa shape index (κ3) is 2.94. The Morgan fingerprint density at radius 3 is 2.83 bits per heavy atom. The Balaban J connectivity index is 1.72. The van der Waals surface area contributed by atoms with E-state index in [1.165, 1.54) is 30.0 Å². The summed E-state index contributed by atoms with van der Waals surface area (Å²) in [5, 5.41) is 23.2. The van der Waals surface area contributed by atoms with Crippen molar-refractivity contribution in [1.29, 1.82) is 0 Å². The van der Waals surface area contributed by atoms with Crippen LogP contribution in [0.5, 0.6) is 0 Å². The maximum Gasteiger partial charge on any atom is 0.352 e. The highest BCUT2D eigenvalue weighted by Crippen LogP contribution is 2.41. The van der Waals surface area contributed by atoms with Gasteiger partial charge in [-0.2, -0.15) is 0 Å². The van der Waals surface area contributed by atoms with Crippen LogP contribution in [0.1, 0.15) is 11.8 Å². The number of thiophene rings is 1. The van der Waals surface area contributed by atoms with Crippen LogP contribution in [0.25, 0.3) is 0 Å². The second kappa shape index (κ2) is 6.58. The maximum atomic E-state index is 12.3. The van der Waals surface area contributed by atoms with Crippen molar-refractivity contribution >= 4 is 40.9 Å². The molecule has 24 heavy (non-hydrogen) atoms. The highest BCUT2D eigenvalue weighted by molar-refractivity contribution is 8.00. The molecule has 0 bridgehead atoms. The van der Waals surface area contributed by atoms with E-state index in [2.05, 4.69) is 5.32 Å². The Morgan fingerprint density at radius 1 is 1.50 bits per heavy atom. The van der Waals surface area contributed by atoms with Crippen molar-refractivity contribution < 1.29 is 24.6 Å². The molecule has 1 aromatic rings. The smallest absolute Gasteiger partial charge is 0.352 e. The van der Waals surface area contributed by atoms with Crippen LogP contribution >= 0.6 is 23.1 Å². The highest BCUT2D eigenvalue weighted by Gasteiger charge is 2.54. The van der Waals surface area contributed by atoms with E-state index in [1.54, 1.807) is 0 Å². The third-order valence-corrected chi connectivity index (χ3v) is 6.11. The van der Waals surface area contributed by atoms with Crippen LogP contribution in [0.3, 0.4) is 0 Å². The van der Waals surface area contributed by atoms with Crippen LogP contribution in [0, 0.1) is 0 Å². The first-order valence-corrected chi connectivity index (χ1v) is 9.23.